The Morgan fingerprint density at radius 1 is 1.24 bits per heavy atom. The van der Waals surface area contributed by atoms with Crippen LogP contribution in [-0.2, 0) is 16.4 Å². The van der Waals surface area contributed by atoms with Gasteiger partial charge in [-0.25, -0.2) is 4.39 Å². The van der Waals surface area contributed by atoms with E-state index in [4.69, 9.17) is 16.7 Å². The first-order chi connectivity index (χ1) is 15.6. The molecule has 2 aromatic rings. The molecule has 1 atom stereocenters. The minimum Gasteiger partial charge on any atom is -0.481 e. The van der Waals surface area contributed by atoms with E-state index in [0.717, 1.165) is 18.5 Å². The summed E-state index contributed by atoms with van der Waals surface area (Å²) < 4.78 is 13.7. The Morgan fingerprint density at radius 3 is 2.38 bits per heavy atom. The molecule has 1 saturated heterocycles. The van der Waals surface area contributed by atoms with Crippen LogP contribution in [0.25, 0.3) is 0 Å². The number of hydrogen-bond donors (Lipinski definition) is 2. The summed E-state index contributed by atoms with van der Waals surface area (Å²) in [6.07, 6.45) is 0.845. The molecule has 1 aliphatic rings. The number of carbonyl (C=O) groups is 1. The molecule has 0 aliphatic carbocycles. The first-order valence-corrected chi connectivity index (χ1v) is 11.7. The van der Waals surface area contributed by atoms with Crippen LogP contribution in [0.1, 0.15) is 45.2 Å². The molecule has 0 spiro atoms. The molecule has 187 valence electrons. The maximum absolute atomic E-state index is 13.7. The smallest absolute Gasteiger partial charge is 0.307 e. The van der Waals surface area contributed by atoms with E-state index >= 15 is 0 Å². The molecule has 2 N–H and O–H groups in total. The first kappa shape index (κ1) is 28.1. The number of nitrogens with one attached hydrogen (secondary N) is 1. The number of carboxylic acid groups (broad SMARTS) is 1. The van der Waals surface area contributed by atoms with Crippen molar-refractivity contribution in [3.63, 3.8) is 0 Å². The second-order valence-corrected chi connectivity index (χ2v) is 10.8. The Hall–Kier alpha value is -2.19. The number of rotatable bonds is 6. The highest BCUT2D eigenvalue weighted by Gasteiger charge is 2.52. The minimum atomic E-state index is -0.946. The van der Waals surface area contributed by atoms with Gasteiger partial charge in [-0.15, -0.1) is 10.3 Å². The van der Waals surface area contributed by atoms with Crippen molar-refractivity contribution in [1.29, 1.82) is 0 Å². The fraction of sp³-hybridized carbons (Fsp3) is 0.500. The molecule has 0 bridgehead atoms. The average molecular weight is 493 g/mol. The summed E-state index contributed by atoms with van der Waals surface area (Å²) in [5.74, 6) is -0.970. The van der Waals surface area contributed by atoms with Crippen LogP contribution >= 0.6 is 11.6 Å². The molecule has 8 heteroatoms. The Morgan fingerprint density at radius 2 is 1.88 bits per heavy atom. The third-order valence-corrected chi connectivity index (χ3v) is 6.54. The lowest BCUT2D eigenvalue weighted by Crippen LogP contribution is -2.47. The van der Waals surface area contributed by atoms with Gasteiger partial charge >= 0.3 is 5.97 Å². The molecule has 0 amide bonds. The van der Waals surface area contributed by atoms with E-state index in [2.05, 4.69) is 38.2 Å². The van der Waals surface area contributed by atoms with E-state index in [9.17, 15) is 14.4 Å². The molecule has 1 heterocycles. The van der Waals surface area contributed by atoms with Crippen molar-refractivity contribution in [2.24, 2.45) is 5.92 Å². The fourth-order valence-electron chi connectivity index (χ4n) is 4.52. The Labute approximate surface area is 207 Å². The van der Waals surface area contributed by atoms with Crippen LogP contribution in [0.2, 0.25) is 5.02 Å². The molecule has 1 aliphatic heterocycles. The second kappa shape index (κ2) is 11.0. The van der Waals surface area contributed by atoms with Crippen molar-refractivity contribution < 1.29 is 19.5 Å². The van der Waals surface area contributed by atoms with Gasteiger partial charge in [-0.1, -0.05) is 35.4 Å². The molecule has 0 aromatic heterocycles. The summed E-state index contributed by atoms with van der Waals surface area (Å²) in [6.45, 7) is 11.1. The van der Waals surface area contributed by atoms with E-state index in [1.165, 1.54) is 17.2 Å². The van der Waals surface area contributed by atoms with Gasteiger partial charge < -0.3 is 15.3 Å². The second-order valence-electron chi connectivity index (χ2n) is 10.4. The molecule has 34 heavy (non-hydrogen) atoms. The number of carboxylic acids is 1. The van der Waals surface area contributed by atoms with Crippen LogP contribution in [0.4, 0.5) is 15.8 Å². The number of para-hydroxylation sites is 1. The van der Waals surface area contributed by atoms with E-state index < -0.39 is 11.8 Å². The zero-order chi connectivity index (χ0) is 25.8. The standard InChI is InChI=1S/C15H13ClFNO2.C11H23N2O/c1-9-5-6-13(10(7-9)8-14(19)20)18-15-11(16)3-2-4-12(15)17;1-10(2)7-9(8-12(5)6)11(3,4)13(10)14/h2-7,18H,8H2,1H3,(H,19,20);9H,7-8H2,1-6H3. The van der Waals surface area contributed by atoms with Crippen molar-refractivity contribution in [3.05, 3.63) is 58.4 Å². The summed E-state index contributed by atoms with van der Waals surface area (Å²) in [4.78, 5) is 13.1. The predicted molar refractivity (Wildman–Crippen MR) is 135 cm³/mol. The van der Waals surface area contributed by atoms with Crippen LogP contribution < -0.4 is 5.32 Å². The zero-order valence-electron chi connectivity index (χ0n) is 21.1. The van der Waals surface area contributed by atoms with Crippen molar-refractivity contribution in [2.45, 2.75) is 58.5 Å². The number of aryl methyl sites for hydroxylation is 1. The summed E-state index contributed by atoms with van der Waals surface area (Å²) in [5, 5.41) is 25.4. The zero-order valence-corrected chi connectivity index (χ0v) is 21.8. The molecule has 0 saturated carbocycles. The third-order valence-electron chi connectivity index (χ3n) is 6.23. The maximum Gasteiger partial charge on any atom is 0.307 e. The summed E-state index contributed by atoms with van der Waals surface area (Å²) in [5.41, 5.74) is 1.76. The van der Waals surface area contributed by atoms with E-state index in [0.29, 0.717) is 17.2 Å². The Kier molecular flexibility index (Phi) is 9.10. The SMILES string of the molecule is CN(C)CC1CC(C)(C)N([O])C1(C)C.Cc1ccc(Nc2c(F)cccc2Cl)c(CC(=O)O)c1. The van der Waals surface area contributed by atoms with Crippen LogP contribution in [0.15, 0.2) is 36.4 Å². The monoisotopic (exact) mass is 492 g/mol. The number of hydroxylamine groups is 2. The van der Waals surface area contributed by atoms with Gasteiger partial charge in [0.05, 0.1) is 17.1 Å². The fourth-order valence-corrected chi connectivity index (χ4v) is 4.73. The van der Waals surface area contributed by atoms with E-state index in [1.54, 1.807) is 18.2 Å². The Bertz CT molecular complexity index is 991. The third kappa shape index (κ3) is 6.92. The van der Waals surface area contributed by atoms with Gasteiger partial charge in [0.25, 0.3) is 0 Å². The predicted octanol–water partition coefficient (Wildman–Crippen LogP) is 5.93. The highest BCUT2D eigenvalue weighted by Crippen LogP contribution is 2.43. The summed E-state index contributed by atoms with van der Waals surface area (Å²) in [7, 11) is 4.13. The quantitative estimate of drug-likeness (QED) is 0.522. The first-order valence-electron chi connectivity index (χ1n) is 11.3. The lowest BCUT2D eigenvalue weighted by molar-refractivity contribution is -0.248. The van der Waals surface area contributed by atoms with Gasteiger partial charge in [0.15, 0.2) is 0 Å². The van der Waals surface area contributed by atoms with E-state index in [1.807, 2.05) is 26.8 Å². The van der Waals surface area contributed by atoms with Crippen LogP contribution in [0, 0.1) is 18.7 Å². The van der Waals surface area contributed by atoms with Crippen molar-refractivity contribution in [3.8, 4) is 0 Å². The number of anilines is 2. The van der Waals surface area contributed by atoms with Crippen LogP contribution in [0.5, 0.6) is 0 Å². The van der Waals surface area contributed by atoms with Gasteiger partial charge in [-0.3, -0.25) is 4.79 Å². The van der Waals surface area contributed by atoms with Gasteiger partial charge in [0, 0.05) is 23.3 Å². The van der Waals surface area contributed by atoms with Crippen LogP contribution in [0.3, 0.4) is 0 Å². The molecular formula is C26H36ClFN3O3. The largest absolute Gasteiger partial charge is 0.481 e. The van der Waals surface area contributed by atoms with Crippen molar-refractivity contribution >= 4 is 28.9 Å². The molecule has 2 aromatic carbocycles. The van der Waals surface area contributed by atoms with Gasteiger partial charge in [-0.2, -0.15) is 0 Å². The number of hydrogen-bond acceptors (Lipinski definition) is 4. The molecule has 3 rings (SSSR count). The molecule has 1 unspecified atom stereocenters. The minimum absolute atomic E-state index is 0.143. The normalized spacial score (nSPS) is 19.0. The van der Waals surface area contributed by atoms with Crippen molar-refractivity contribution in [2.75, 3.05) is 26.0 Å². The van der Waals surface area contributed by atoms with Gasteiger partial charge in [-0.05, 0) is 84.8 Å². The maximum atomic E-state index is 13.7. The average Bonchev–Trinajstić information content (AvgIpc) is 2.85. The summed E-state index contributed by atoms with van der Waals surface area (Å²) in [6, 6.07) is 9.66. The van der Waals surface area contributed by atoms with Crippen molar-refractivity contribution in [1.82, 2.24) is 9.96 Å². The summed E-state index contributed by atoms with van der Waals surface area (Å²) >= 11 is 5.95. The number of halogens is 2. The molecule has 1 fully saturated rings. The number of aliphatic carboxylic acids is 1. The number of benzene rings is 2. The molecule has 1 radical (unpaired) electrons. The van der Waals surface area contributed by atoms with Gasteiger partial charge in [0.1, 0.15) is 5.82 Å². The van der Waals surface area contributed by atoms with Crippen LogP contribution in [-0.4, -0.2) is 52.8 Å². The molecule has 6 nitrogen and oxygen atoms in total. The highest BCUT2D eigenvalue weighted by atomic mass is 35.5. The molecular weight excluding hydrogens is 457 g/mol. The van der Waals surface area contributed by atoms with Gasteiger partial charge in [0.2, 0.25) is 0 Å². The Balaban J connectivity index is 0.000000257. The topological polar surface area (TPSA) is 75.7 Å². The highest BCUT2D eigenvalue weighted by molar-refractivity contribution is 6.33. The van der Waals surface area contributed by atoms with E-state index in [-0.39, 0.29) is 28.2 Å². The number of nitrogens with zero attached hydrogens (tertiary/aromatic N) is 2. The lowest BCUT2D eigenvalue weighted by Gasteiger charge is -2.34. The lowest BCUT2D eigenvalue weighted by atomic mass is 9.87.